The smallest absolute Gasteiger partial charge is 0.255 e. The number of nitrogens with one attached hydrogen (secondary N) is 3. The van der Waals surface area contributed by atoms with Crippen LogP contribution in [0.1, 0.15) is 18.4 Å². The van der Waals surface area contributed by atoms with E-state index in [0.717, 1.165) is 60.7 Å². The van der Waals surface area contributed by atoms with Crippen LogP contribution < -0.4 is 20.9 Å². The second-order valence-electron chi connectivity index (χ2n) is 8.15. The van der Waals surface area contributed by atoms with E-state index in [1.54, 1.807) is 6.26 Å². The Bertz CT molecular complexity index is 1170. The highest BCUT2D eigenvalue weighted by atomic mass is 19.1. The van der Waals surface area contributed by atoms with Crippen LogP contribution in [-0.2, 0) is 4.79 Å². The maximum atomic E-state index is 12.3. The normalized spacial score (nSPS) is 16.5. The van der Waals surface area contributed by atoms with Crippen LogP contribution >= 0.6 is 0 Å². The SMILES string of the molecule is C=C1C(=O)Nc2cc(Nc3nc(N4CCC(CNCCF)CC4)c4occc4n3)ccc21. The van der Waals surface area contributed by atoms with Gasteiger partial charge in [0.1, 0.15) is 12.2 Å². The summed E-state index contributed by atoms with van der Waals surface area (Å²) in [6.07, 6.45) is 3.63. The second-order valence-corrected chi connectivity index (χ2v) is 8.15. The van der Waals surface area contributed by atoms with Crippen molar-refractivity contribution in [2.45, 2.75) is 12.8 Å². The Morgan fingerprint density at radius 2 is 2.09 bits per heavy atom. The molecule has 2 aliphatic heterocycles. The molecule has 0 atom stereocenters. The zero-order valence-electron chi connectivity index (χ0n) is 17.7. The minimum atomic E-state index is -0.336. The largest absolute Gasteiger partial charge is 0.459 e. The summed E-state index contributed by atoms with van der Waals surface area (Å²) in [6, 6.07) is 7.41. The number of nitrogens with zero attached hydrogens (tertiary/aromatic N) is 3. The summed E-state index contributed by atoms with van der Waals surface area (Å²) in [5.74, 6) is 1.57. The first-order valence-corrected chi connectivity index (χ1v) is 10.8. The van der Waals surface area contributed by atoms with Crippen LogP contribution in [0.5, 0.6) is 0 Å². The minimum absolute atomic E-state index is 0.182. The molecule has 1 aromatic carbocycles. The number of anilines is 4. The Balaban J connectivity index is 1.35. The molecule has 0 radical (unpaired) electrons. The van der Waals surface area contributed by atoms with Gasteiger partial charge in [-0.2, -0.15) is 4.98 Å². The van der Waals surface area contributed by atoms with Gasteiger partial charge in [0.2, 0.25) is 5.95 Å². The molecule has 2 aliphatic rings. The van der Waals surface area contributed by atoms with E-state index in [1.807, 2.05) is 24.3 Å². The van der Waals surface area contributed by atoms with Crippen LogP contribution in [0.4, 0.5) is 27.5 Å². The number of carbonyl (C=O) groups excluding carboxylic acids is 1. The Hall–Kier alpha value is -3.46. The highest BCUT2D eigenvalue weighted by molar-refractivity contribution is 6.31. The number of alkyl halides is 1. The Kier molecular flexibility index (Phi) is 5.48. The minimum Gasteiger partial charge on any atom is -0.459 e. The Labute approximate surface area is 184 Å². The molecule has 1 fully saturated rings. The van der Waals surface area contributed by atoms with E-state index in [0.29, 0.717) is 29.6 Å². The molecule has 0 saturated carbocycles. The molecule has 5 rings (SSSR count). The molecule has 8 nitrogen and oxygen atoms in total. The van der Waals surface area contributed by atoms with Crippen molar-refractivity contribution in [1.29, 1.82) is 0 Å². The van der Waals surface area contributed by atoms with Crippen molar-refractivity contribution in [2.75, 3.05) is 48.4 Å². The molecule has 32 heavy (non-hydrogen) atoms. The first kappa shape index (κ1) is 20.4. The van der Waals surface area contributed by atoms with Crippen molar-refractivity contribution in [3.8, 4) is 0 Å². The predicted octanol–water partition coefficient (Wildman–Crippen LogP) is 3.71. The third kappa shape index (κ3) is 3.91. The van der Waals surface area contributed by atoms with Gasteiger partial charge >= 0.3 is 0 Å². The lowest BCUT2D eigenvalue weighted by molar-refractivity contribution is -0.110. The van der Waals surface area contributed by atoms with Gasteiger partial charge in [-0.05, 0) is 37.4 Å². The maximum Gasteiger partial charge on any atom is 0.255 e. The fraction of sp³-hybridized carbons (Fsp3) is 0.348. The molecular weight excluding hydrogens is 411 g/mol. The summed E-state index contributed by atoms with van der Waals surface area (Å²) < 4.78 is 18.0. The summed E-state index contributed by atoms with van der Waals surface area (Å²) in [6.45, 7) is 6.43. The number of hydrogen-bond donors (Lipinski definition) is 3. The molecule has 9 heteroatoms. The summed E-state index contributed by atoms with van der Waals surface area (Å²) in [5.41, 5.74) is 4.15. The molecule has 3 aromatic rings. The van der Waals surface area contributed by atoms with Crippen LogP contribution in [-0.4, -0.2) is 48.7 Å². The van der Waals surface area contributed by atoms with Crippen LogP contribution in [0.3, 0.4) is 0 Å². The van der Waals surface area contributed by atoms with E-state index in [4.69, 9.17) is 9.40 Å². The molecular formula is C23H25FN6O2. The van der Waals surface area contributed by atoms with Crippen molar-refractivity contribution in [3.63, 3.8) is 0 Å². The van der Waals surface area contributed by atoms with Crippen molar-refractivity contribution in [2.24, 2.45) is 5.92 Å². The standard InChI is InChI=1S/C23H25FN6O2/c1-14-17-3-2-16(12-19(17)27-22(14)31)26-23-28-18-6-11-32-20(18)21(29-23)30-9-4-15(5-10-30)13-25-8-7-24/h2-3,6,11-12,15,25H,1,4-5,7-10,13H2,(H,27,31)(H,26,28,29). The van der Waals surface area contributed by atoms with E-state index in [-0.39, 0.29) is 12.6 Å². The van der Waals surface area contributed by atoms with Crippen molar-refractivity contribution >= 4 is 45.7 Å². The first-order valence-electron chi connectivity index (χ1n) is 10.8. The number of carbonyl (C=O) groups is 1. The molecule has 0 spiro atoms. The fourth-order valence-corrected chi connectivity index (χ4v) is 4.28. The molecule has 0 bridgehead atoms. The lowest BCUT2D eigenvalue weighted by Crippen LogP contribution is -2.38. The number of piperidine rings is 1. The van der Waals surface area contributed by atoms with Crippen molar-refractivity contribution < 1.29 is 13.6 Å². The number of hydrogen-bond acceptors (Lipinski definition) is 7. The molecule has 0 unspecified atom stereocenters. The maximum absolute atomic E-state index is 12.3. The number of aromatic nitrogens is 2. The average Bonchev–Trinajstić information content (AvgIpc) is 3.38. The van der Waals surface area contributed by atoms with Crippen molar-refractivity contribution in [3.05, 3.63) is 42.7 Å². The third-order valence-corrected chi connectivity index (χ3v) is 6.03. The zero-order chi connectivity index (χ0) is 22.1. The number of fused-ring (bicyclic) bond motifs is 2. The molecule has 0 aliphatic carbocycles. The van der Waals surface area contributed by atoms with Gasteiger partial charge in [0.05, 0.1) is 12.0 Å². The highest BCUT2D eigenvalue weighted by Gasteiger charge is 2.25. The number of halogens is 1. The Morgan fingerprint density at radius 1 is 1.25 bits per heavy atom. The molecule has 2 aromatic heterocycles. The van der Waals surface area contributed by atoms with E-state index in [1.165, 1.54) is 0 Å². The van der Waals surface area contributed by atoms with Gasteiger partial charge in [-0.15, -0.1) is 0 Å². The van der Waals surface area contributed by atoms with Crippen LogP contribution in [0.15, 0.2) is 41.5 Å². The second kappa shape index (κ2) is 8.58. The summed E-state index contributed by atoms with van der Waals surface area (Å²) >= 11 is 0. The zero-order valence-corrected chi connectivity index (χ0v) is 17.7. The van der Waals surface area contributed by atoms with E-state index < -0.39 is 0 Å². The van der Waals surface area contributed by atoms with Crippen LogP contribution in [0, 0.1) is 5.92 Å². The molecule has 3 N–H and O–H groups in total. The van der Waals surface area contributed by atoms with Gasteiger partial charge in [0, 0.05) is 42.5 Å². The van der Waals surface area contributed by atoms with Gasteiger partial charge < -0.3 is 25.3 Å². The lowest BCUT2D eigenvalue weighted by Gasteiger charge is -2.32. The summed E-state index contributed by atoms with van der Waals surface area (Å²) in [7, 11) is 0. The van der Waals surface area contributed by atoms with E-state index in [9.17, 15) is 9.18 Å². The molecule has 4 heterocycles. The average molecular weight is 436 g/mol. The number of rotatable bonds is 7. The third-order valence-electron chi connectivity index (χ3n) is 6.03. The highest BCUT2D eigenvalue weighted by Crippen LogP contribution is 2.34. The molecule has 1 amide bonds. The topological polar surface area (TPSA) is 95.3 Å². The van der Waals surface area contributed by atoms with Gasteiger partial charge in [-0.3, -0.25) is 4.79 Å². The monoisotopic (exact) mass is 436 g/mol. The molecule has 1 saturated heterocycles. The summed E-state index contributed by atoms with van der Waals surface area (Å²) in [4.78, 5) is 23.4. The predicted molar refractivity (Wildman–Crippen MR) is 123 cm³/mol. The van der Waals surface area contributed by atoms with Gasteiger partial charge in [0.15, 0.2) is 11.4 Å². The number of amides is 1. The van der Waals surface area contributed by atoms with Gasteiger partial charge in [-0.1, -0.05) is 12.6 Å². The van der Waals surface area contributed by atoms with E-state index in [2.05, 4.69) is 32.4 Å². The van der Waals surface area contributed by atoms with Gasteiger partial charge in [-0.25, -0.2) is 9.37 Å². The van der Waals surface area contributed by atoms with Crippen molar-refractivity contribution in [1.82, 2.24) is 15.3 Å². The number of benzene rings is 1. The lowest BCUT2D eigenvalue weighted by atomic mass is 9.97. The van der Waals surface area contributed by atoms with Gasteiger partial charge in [0.25, 0.3) is 5.91 Å². The number of furan rings is 1. The fourth-order valence-electron chi connectivity index (χ4n) is 4.28. The summed E-state index contributed by atoms with van der Waals surface area (Å²) in [5, 5.41) is 9.23. The van der Waals surface area contributed by atoms with Crippen LogP contribution in [0.2, 0.25) is 0 Å². The molecule has 166 valence electrons. The Morgan fingerprint density at radius 3 is 2.91 bits per heavy atom. The van der Waals surface area contributed by atoms with Crippen LogP contribution in [0.25, 0.3) is 16.7 Å². The first-order chi connectivity index (χ1) is 15.6. The van der Waals surface area contributed by atoms with E-state index >= 15 is 0 Å². The quantitative estimate of drug-likeness (QED) is 0.384.